The summed E-state index contributed by atoms with van der Waals surface area (Å²) in [7, 11) is 3.44. The van der Waals surface area contributed by atoms with Crippen molar-refractivity contribution in [3.8, 4) is 17.0 Å². The third-order valence-electron chi connectivity index (χ3n) is 4.93. The van der Waals surface area contributed by atoms with Gasteiger partial charge in [-0.2, -0.15) is 5.10 Å². The van der Waals surface area contributed by atoms with Crippen LogP contribution in [0, 0.1) is 12.7 Å². The van der Waals surface area contributed by atoms with Gasteiger partial charge in [-0.05, 0) is 75.3 Å². The number of likely N-dealkylation sites (N-methyl/N-ethyl adjacent to an activating group) is 1. The van der Waals surface area contributed by atoms with E-state index in [4.69, 9.17) is 16.3 Å². The summed E-state index contributed by atoms with van der Waals surface area (Å²) in [5, 5.41) is 10.8. The molecule has 31 heavy (non-hydrogen) atoms. The Morgan fingerprint density at radius 1 is 1.26 bits per heavy atom. The van der Waals surface area contributed by atoms with Crippen molar-refractivity contribution in [1.29, 1.82) is 0 Å². The Balaban J connectivity index is 1.46. The molecular formula is C23H26ClFN4O2. The van der Waals surface area contributed by atoms with Crippen molar-refractivity contribution in [1.82, 2.24) is 15.1 Å². The number of carbonyl (C=O) groups is 1. The lowest BCUT2D eigenvalue weighted by Crippen LogP contribution is -2.31. The molecule has 8 heteroatoms. The van der Waals surface area contributed by atoms with E-state index in [9.17, 15) is 9.18 Å². The van der Waals surface area contributed by atoms with Gasteiger partial charge in [0, 0.05) is 22.3 Å². The molecule has 0 fully saturated rings. The topological polar surface area (TPSA) is 70.2 Å². The van der Waals surface area contributed by atoms with Gasteiger partial charge in [0.25, 0.3) is 0 Å². The van der Waals surface area contributed by atoms with Crippen LogP contribution in [0.25, 0.3) is 11.3 Å². The van der Waals surface area contributed by atoms with Crippen molar-refractivity contribution in [2.45, 2.75) is 19.8 Å². The Hall–Kier alpha value is -2.90. The average molecular weight is 445 g/mol. The molecule has 0 atom stereocenters. The van der Waals surface area contributed by atoms with Crippen molar-refractivity contribution in [3.63, 3.8) is 0 Å². The van der Waals surface area contributed by atoms with Crippen molar-refractivity contribution in [2.24, 2.45) is 0 Å². The summed E-state index contributed by atoms with van der Waals surface area (Å²) in [6, 6.07) is 11.7. The molecule has 0 aliphatic carbocycles. The number of aromatic nitrogens is 2. The van der Waals surface area contributed by atoms with Gasteiger partial charge in [-0.3, -0.25) is 14.8 Å². The van der Waals surface area contributed by atoms with Crippen LogP contribution in [0.15, 0.2) is 42.5 Å². The highest BCUT2D eigenvalue weighted by Gasteiger charge is 2.12. The van der Waals surface area contributed by atoms with Crippen LogP contribution in [0.2, 0.25) is 5.02 Å². The summed E-state index contributed by atoms with van der Waals surface area (Å²) < 4.78 is 18.4. The highest BCUT2D eigenvalue weighted by atomic mass is 35.5. The highest BCUT2D eigenvalue weighted by Crippen LogP contribution is 2.30. The number of nitrogens with zero attached hydrogens (tertiary/aromatic N) is 2. The van der Waals surface area contributed by atoms with Crippen LogP contribution in [-0.2, 0) is 11.2 Å². The van der Waals surface area contributed by atoms with E-state index >= 15 is 0 Å². The van der Waals surface area contributed by atoms with Crippen molar-refractivity contribution in [3.05, 3.63) is 64.6 Å². The molecular weight excluding hydrogens is 419 g/mol. The number of nitrogens with one attached hydrogen (secondary N) is 2. The first-order valence-corrected chi connectivity index (χ1v) is 10.4. The fourth-order valence-electron chi connectivity index (χ4n) is 3.24. The van der Waals surface area contributed by atoms with Crippen molar-refractivity contribution >= 4 is 23.2 Å². The number of hydrogen-bond donors (Lipinski definition) is 2. The SMILES string of the molecule is COc1cc(Cl)c(C)cc1NC(=O)CN(C)CCCc1cc(-c2ccc(F)cc2)n[nH]1. The van der Waals surface area contributed by atoms with E-state index in [-0.39, 0.29) is 18.3 Å². The number of benzene rings is 2. The number of hydrogen-bond acceptors (Lipinski definition) is 4. The first kappa shape index (κ1) is 22.8. The average Bonchev–Trinajstić information content (AvgIpc) is 3.19. The van der Waals surface area contributed by atoms with Crippen molar-refractivity contribution in [2.75, 3.05) is 32.6 Å². The minimum absolute atomic E-state index is 0.123. The van der Waals surface area contributed by atoms with E-state index in [0.717, 1.165) is 41.9 Å². The number of carbonyl (C=O) groups excluding carboxylic acids is 1. The molecule has 1 aromatic heterocycles. The predicted octanol–water partition coefficient (Wildman–Crippen LogP) is 4.69. The smallest absolute Gasteiger partial charge is 0.238 e. The van der Waals surface area contributed by atoms with E-state index in [1.54, 1.807) is 31.4 Å². The molecule has 0 spiro atoms. The Bertz CT molecular complexity index is 1040. The number of amides is 1. The molecule has 0 saturated carbocycles. The van der Waals surface area contributed by atoms with Gasteiger partial charge in [0.2, 0.25) is 5.91 Å². The molecule has 3 rings (SSSR count). The Kier molecular flexibility index (Phi) is 7.65. The molecule has 1 heterocycles. The van der Waals surface area contributed by atoms with Gasteiger partial charge in [-0.15, -0.1) is 0 Å². The molecule has 3 aromatic rings. The number of H-pyrrole nitrogens is 1. The van der Waals surface area contributed by atoms with E-state index in [0.29, 0.717) is 16.5 Å². The van der Waals surface area contributed by atoms with E-state index in [1.807, 2.05) is 24.9 Å². The molecule has 0 bridgehead atoms. The number of aryl methyl sites for hydroxylation is 2. The maximum Gasteiger partial charge on any atom is 0.238 e. The standard InChI is InChI=1S/C23H26ClFN4O2/c1-15-11-21(22(31-3)13-19(15)24)26-23(30)14-29(2)10-4-5-18-12-20(28-27-18)16-6-8-17(25)9-7-16/h6-9,11-13H,4-5,10,14H2,1-3H3,(H,26,30)(H,27,28). The summed E-state index contributed by atoms with van der Waals surface area (Å²) in [6.07, 6.45) is 1.66. The molecule has 164 valence electrons. The molecule has 0 unspecified atom stereocenters. The van der Waals surface area contributed by atoms with Gasteiger partial charge >= 0.3 is 0 Å². The van der Waals surface area contributed by atoms with Crippen LogP contribution >= 0.6 is 11.6 Å². The van der Waals surface area contributed by atoms with Crippen LogP contribution < -0.4 is 10.1 Å². The number of rotatable bonds is 9. The molecule has 0 aliphatic rings. The fourth-order valence-corrected chi connectivity index (χ4v) is 3.40. The molecule has 0 aliphatic heterocycles. The summed E-state index contributed by atoms with van der Waals surface area (Å²) in [4.78, 5) is 14.4. The number of halogens is 2. The van der Waals surface area contributed by atoms with E-state index in [2.05, 4.69) is 15.5 Å². The van der Waals surface area contributed by atoms with Gasteiger partial charge in [0.05, 0.1) is 25.0 Å². The van der Waals surface area contributed by atoms with Crippen LogP contribution in [-0.4, -0.2) is 48.3 Å². The lowest BCUT2D eigenvalue weighted by molar-refractivity contribution is -0.117. The molecule has 0 radical (unpaired) electrons. The molecule has 1 amide bonds. The Labute approximate surface area is 186 Å². The second kappa shape index (κ2) is 10.4. The maximum absolute atomic E-state index is 13.1. The highest BCUT2D eigenvalue weighted by molar-refractivity contribution is 6.31. The number of methoxy groups -OCH3 is 1. The summed E-state index contributed by atoms with van der Waals surface area (Å²) >= 11 is 6.11. The summed E-state index contributed by atoms with van der Waals surface area (Å²) in [6.45, 7) is 2.88. The minimum atomic E-state index is -0.267. The van der Waals surface area contributed by atoms with Gasteiger partial charge < -0.3 is 10.1 Å². The largest absolute Gasteiger partial charge is 0.495 e. The zero-order chi connectivity index (χ0) is 22.4. The fraction of sp³-hybridized carbons (Fsp3) is 0.304. The van der Waals surface area contributed by atoms with Gasteiger partial charge in [0.1, 0.15) is 11.6 Å². The molecule has 0 saturated heterocycles. The lowest BCUT2D eigenvalue weighted by Gasteiger charge is -2.17. The predicted molar refractivity (Wildman–Crippen MR) is 121 cm³/mol. The van der Waals surface area contributed by atoms with Crippen LogP contribution in [0.1, 0.15) is 17.7 Å². The molecule has 6 nitrogen and oxygen atoms in total. The van der Waals surface area contributed by atoms with E-state index < -0.39 is 0 Å². The normalized spacial score (nSPS) is 11.0. The van der Waals surface area contributed by atoms with Gasteiger partial charge in [-0.1, -0.05) is 11.6 Å². The third kappa shape index (κ3) is 6.29. The van der Waals surface area contributed by atoms with E-state index in [1.165, 1.54) is 12.1 Å². The van der Waals surface area contributed by atoms with Gasteiger partial charge in [-0.25, -0.2) is 4.39 Å². The maximum atomic E-state index is 13.1. The third-order valence-corrected chi connectivity index (χ3v) is 5.33. The van der Waals surface area contributed by atoms with Gasteiger partial charge in [0.15, 0.2) is 0 Å². The lowest BCUT2D eigenvalue weighted by atomic mass is 10.1. The Morgan fingerprint density at radius 3 is 2.71 bits per heavy atom. The monoisotopic (exact) mass is 444 g/mol. The number of ether oxygens (including phenoxy) is 1. The molecule has 2 N–H and O–H groups in total. The zero-order valence-corrected chi connectivity index (χ0v) is 18.6. The number of aromatic amines is 1. The first-order chi connectivity index (χ1) is 14.9. The zero-order valence-electron chi connectivity index (χ0n) is 17.8. The van der Waals surface area contributed by atoms with Crippen molar-refractivity contribution < 1.29 is 13.9 Å². The second-order valence-electron chi connectivity index (χ2n) is 7.48. The minimum Gasteiger partial charge on any atom is -0.495 e. The van der Waals surface area contributed by atoms with Crippen LogP contribution in [0.5, 0.6) is 5.75 Å². The summed E-state index contributed by atoms with van der Waals surface area (Å²) in [5.41, 5.74) is 4.12. The second-order valence-corrected chi connectivity index (χ2v) is 7.88. The Morgan fingerprint density at radius 2 is 2.00 bits per heavy atom. The van der Waals surface area contributed by atoms with Crippen LogP contribution in [0.3, 0.4) is 0 Å². The quantitative estimate of drug-likeness (QED) is 0.502. The number of anilines is 1. The first-order valence-electron chi connectivity index (χ1n) is 9.98. The summed E-state index contributed by atoms with van der Waals surface area (Å²) in [5.74, 6) is 0.140. The van der Waals surface area contributed by atoms with Crippen LogP contribution in [0.4, 0.5) is 10.1 Å². The molecule has 2 aromatic carbocycles.